The van der Waals surface area contributed by atoms with Crippen molar-refractivity contribution < 1.29 is 8.42 Å². The van der Waals surface area contributed by atoms with Gasteiger partial charge in [0.2, 0.25) is 0 Å². The van der Waals surface area contributed by atoms with Crippen molar-refractivity contribution in [2.45, 2.75) is 25.7 Å². The summed E-state index contributed by atoms with van der Waals surface area (Å²) in [5.41, 5.74) is 8.77. The van der Waals surface area contributed by atoms with Gasteiger partial charge in [-0.3, -0.25) is 4.72 Å². The lowest BCUT2D eigenvalue weighted by Crippen LogP contribution is -2.16. The molecule has 0 heterocycles. The highest BCUT2D eigenvalue weighted by atomic mass is 35.5. The number of sulfonamides is 1. The van der Waals surface area contributed by atoms with E-state index in [4.69, 9.17) is 17.3 Å². The number of benzene rings is 2. The Morgan fingerprint density at radius 1 is 1.00 bits per heavy atom. The van der Waals surface area contributed by atoms with E-state index in [1.807, 2.05) is 6.92 Å². The molecule has 0 aromatic heterocycles. The molecule has 0 aliphatic heterocycles. The number of hydrogen-bond donors (Lipinski definition) is 2. The molecule has 3 N–H and O–H groups in total. The van der Waals surface area contributed by atoms with E-state index in [0.29, 0.717) is 27.5 Å². The average Bonchev–Trinajstić information content (AvgIpc) is 2.31. The molecule has 6 heteroatoms. The van der Waals surface area contributed by atoms with Crippen molar-refractivity contribution in [1.82, 2.24) is 0 Å². The van der Waals surface area contributed by atoms with Crippen LogP contribution >= 0.6 is 11.6 Å². The van der Waals surface area contributed by atoms with Gasteiger partial charge >= 0.3 is 0 Å². The lowest BCUT2D eigenvalue weighted by Gasteiger charge is -2.15. The van der Waals surface area contributed by atoms with Crippen molar-refractivity contribution in [3.8, 4) is 0 Å². The number of nitrogens with one attached hydrogen (secondary N) is 1. The molecule has 112 valence electrons. The van der Waals surface area contributed by atoms with Crippen molar-refractivity contribution >= 4 is 33.0 Å². The smallest absolute Gasteiger partial charge is 0.262 e. The highest BCUT2D eigenvalue weighted by Gasteiger charge is 2.20. The number of anilines is 2. The van der Waals surface area contributed by atoms with Crippen LogP contribution in [0.25, 0.3) is 0 Å². The minimum Gasteiger partial charge on any atom is -0.399 e. The van der Waals surface area contributed by atoms with Gasteiger partial charge in [-0.2, -0.15) is 0 Å². The molecule has 0 radical (unpaired) electrons. The summed E-state index contributed by atoms with van der Waals surface area (Å²) in [6, 6.07) is 8.37. The standard InChI is InChI=1S/C15H17ClN2O2S/c1-9-4-5-12(16)8-14(9)18-21(19,20)15-10(2)6-13(17)7-11(15)3/h4-8,18H,17H2,1-3H3. The summed E-state index contributed by atoms with van der Waals surface area (Å²) in [6.07, 6.45) is 0. The van der Waals surface area contributed by atoms with Crippen LogP contribution in [0.1, 0.15) is 16.7 Å². The minimum atomic E-state index is -3.69. The average molecular weight is 325 g/mol. The van der Waals surface area contributed by atoms with Crippen LogP contribution in [0, 0.1) is 20.8 Å². The molecule has 2 rings (SSSR count). The Morgan fingerprint density at radius 2 is 1.57 bits per heavy atom. The van der Waals surface area contributed by atoms with Gasteiger partial charge in [-0.15, -0.1) is 0 Å². The van der Waals surface area contributed by atoms with Gasteiger partial charge in [-0.05, 0) is 61.7 Å². The van der Waals surface area contributed by atoms with E-state index in [1.54, 1.807) is 44.2 Å². The van der Waals surface area contributed by atoms with Gasteiger partial charge in [-0.25, -0.2) is 8.42 Å². The zero-order valence-electron chi connectivity index (χ0n) is 12.1. The fourth-order valence-electron chi connectivity index (χ4n) is 2.31. The Morgan fingerprint density at radius 3 is 2.14 bits per heavy atom. The predicted molar refractivity (Wildman–Crippen MR) is 87.3 cm³/mol. The Balaban J connectivity index is 2.51. The van der Waals surface area contributed by atoms with E-state index >= 15 is 0 Å². The van der Waals surface area contributed by atoms with Crippen LogP contribution in [-0.2, 0) is 10.0 Å². The molecule has 0 bridgehead atoms. The van der Waals surface area contributed by atoms with Gasteiger partial charge < -0.3 is 5.73 Å². The van der Waals surface area contributed by atoms with Crippen molar-refractivity contribution in [3.63, 3.8) is 0 Å². The van der Waals surface area contributed by atoms with Crippen LogP contribution in [0.3, 0.4) is 0 Å². The summed E-state index contributed by atoms with van der Waals surface area (Å²) < 4.78 is 27.8. The van der Waals surface area contributed by atoms with E-state index < -0.39 is 10.0 Å². The molecule has 0 spiro atoms. The third kappa shape index (κ3) is 3.31. The molecule has 2 aromatic rings. The largest absolute Gasteiger partial charge is 0.399 e. The number of halogens is 1. The Hall–Kier alpha value is -1.72. The quantitative estimate of drug-likeness (QED) is 0.846. The highest BCUT2D eigenvalue weighted by Crippen LogP contribution is 2.27. The summed E-state index contributed by atoms with van der Waals surface area (Å²) in [6.45, 7) is 5.27. The van der Waals surface area contributed by atoms with Crippen LogP contribution in [0.5, 0.6) is 0 Å². The first-order chi connectivity index (χ1) is 9.70. The first-order valence-electron chi connectivity index (χ1n) is 6.36. The first kappa shape index (κ1) is 15.7. The minimum absolute atomic E-state index is 0.246. The number of nitrogen functional groups attached to an aromatic ring is 1. The SMILES string of the molecule is Cc1ccc(Cl)cc1NS(=O)(=O)c1c(C)cc(N)cc1C. The van der Waals surface area contributed by atoms with Gasteiger partial charge in [0.15, 0.2) is 0 Å². The molecule has 0 saturated carbocycles. The van der Waals surface area contributed by atoms with E-state index in [0.717, 1.165) is 5.56 Å². The lowest BCUT2D eigenvalue weighted by molar-refractivity contribution is 0.600. The molecule has 4 nitrogen and oxygen atoms in total. The second-order valence-corrected chi connectivity index (χ2v) is 7.10. The summed E-state index contributed by atoms with van der Waals surface area (Å²) >= 11 is 5.92. The summed E-state index contributed by atoms with van der Waals surface area (Å²) in [4.78, 5) is 0.246. The maximum absolute atomic E-state index is 12.6. The Labute approximate surface area is 130 Å². The van der Waals surface area contributed by atoms with Gasteiger partial charge in [-0.1, -0.05) is 17.7 Å². The zero-order chi connectivity index (χ0) is 15.8. The van der Waals surface area contributed by atoms with Gasteiger partial charge in [0.1, 0.15) is 0 Å². The molecule has 0 unspecified atom stereocenters. The monoisotopic (exact) mass is 324 g/mol. The molecule has 0 aliphatic carbocycles. The maximum Gasteiger partial charge on any atom is 0.262 e. The van der Waals surface area contributed by atoms with Crippen molar-refractivity contribution in [2.75, 3.05) is 10.5 Å². The van der Waals surface area contributed by atoms with E-state index in [2.05, 4.69) is 4.72 Å². The number of aryl methyl sites for hydroxylation is 3. The second kappa shape index (κ2) is 5.58. The lowest BCUT2D eigenvalue weighted by atomic mass is 10.1. The molecule has 2 aromatic carbocycles. The number of rotatable bonds is 3. The van der Waals surface area contributed by atoms with Gasteiger partial charge in [0.05, 0.1) is 10.6 Å². The molecule has 0 saturated heterocycles. The molecular weight excluding hydrogens is 308 g/mol. The summed E-state index contributed by atoms with van der Waals surface area (Å²) in [5, 5.41) is 0.476. The van der Waals surface area contributed by atoms with Crippen LogP contribution in [0.15, 0.2) is 35.2 Å². The fraction of sp³-hybridized carbons (Fsp3) is 0.200. The van der Waals surface area contributed by atoms with E-state index in [9.17, 15) is 8.42 Å². The molecule has 0 atom stereocenters. The van der Waals surface area contributed by atoms with E-state index in [-0.39, 0.29) is 4.90 Å². The normalized spacial score (nSPS) is 11.4. The molecule has 0 fully saturated rings. The van der Waals surface area contributed by atoms with Crippen LogP contribution in [0.4, 0.5) is 11.4 Å². The number of nitrogens with two attached hydrogens (primary N) is 1. The first-order valence-corrected chi connectivity index (χ1v) is 8.22. The summed E-state index contributed by atoms with van der Waals surface area (Å²) in [7, 11) is -3.69. The van der Waals surface area contributed by atoms with Gasteiger partial charge in [0.25, 0.3) is 10.0 Å². The van der Waals surface area contributed by atoms with E-state index in [1.165, 1.54) is 0 Å². The van der Waals surface area contributed by atoms with Crippen LogP contribution in [-0.4, -0.2) is 8.42 Å². The van der Waals surface area contributed by atoms with Crippen molar-refractivity contribution in [2.24, 2.45) is 0 Å². The second-order valence-electron chi connectivity index (χ2n) is 5.05. The summed E-state index contributed by atoms with van der Waals surface area (Å²) in [5.74, 6) is 0. The van der Waals surface area contributed by atoms with Crippen LogP contribution in [0.2, 0.25) is 5.02 Å². The third-order valence-electron chi connectivity index (χ3n) is 3.20. The Kier molecular flexibility index (Phi) is 4.16. The van der Waals surface area contributed by atoms with Crippen molar-refractivity contribution in [3.05, 3.63) is 52.0 Å². The topological polar surface area (TPSA) is 72.2 Å². The third-order valence-corrected chi connectivity index (χ3v) is 5.10. The maximum atomic E-state index is 12.6. The van der Waals surface area contributed by atoms with Crippen molar-refractivity contribution in [1.29, 1.82) is 0 Å². The predicted octanol–water partition coefficient (Wildman–Crippen LogP) is 3.65. The van der Waals surface area contributed by atoms with Gasteiger partial charge in [0, 0.05) is 10.7 Å². The fourth-order valence-corrected chi connectivity index (χ4v) is 4.06. The molecule has 0 aliphatic rings. The van der Waals surface area contributed by atoms with Crippen LogP contribution < -0.4 is 10.5 Å². The Bertz CT molecular complexity index is 778. The zero-order valence-corrected chi connectivity index (χ0v) is 13.6. The number of hydrogen-bond acceptors (Lipinski definition) is 3. The molecule has 0 amide bonds. The molecule has 21 heavy (non-hydrogen) atoms. The molecular formula is C15H17ClN2O2S. The highest BCUT2D eigenvalue weighted by molar-refractivity contribution is 7.92.